The van der Waals surface area contributed by atoms with E-state index in [0.29, 0.717) is 28.1 Å². The van der Waals surface area contributed by atoms with Gasteiger partial charge in [0.25, 0.3) is 0 Å². The highest BCUT2D eigenvalue weighted by molar-refractivity contribution is 6.29. The third kappa shape index (κ3) is 4.83. The Morgan fingerprint density at radius 3 is 2.56 bits per heavy atom. The molecular formula is C27H31ClN2O4. The van der Waals surface area contributed by atoms with Gasteiger partial charge in [0.2, 0.25) is 0 Å². The van der Waals surface area contributed by atoms with Crippen LogP contribution in [0.3, 0.4) is 0 Å². The Kier molecular flexibility index (Phi) is 6.47. The van der Waals surface area contributed by atoms with E-state index in [0.717, 1.165) is 36.1 Å². The van der Waals surface area contributed by atoms with Gasteiger partial charge in [0.1, 0.15) is 22.1 Å². The zero-order valence-electron chi connectivity index (χ0n) is 20.5. The summed E-state index contributed by atoms with van der Waals surface area (Å²) in [5.41, 5.74) is 3.04. The van der Waals surface area contributed by atoms with E-state index in [4.69, 9.17) is 20.8 Å². The summed E-state index contributed by atoms with van der Waals surface area (Å²) in [6.45, 7) is 11.2. The van der Waals surface area contributed by atoms with Crippen molar-refractivity contribution >= 4 is 34.2 Å². The second kappa shape index (κ2) is 9.06. The first kappa shape index (κ1) is 24.3. The highest BCUT2D eigenvalue weighted by Gasteiger charge is 2.28. The maximum atomic E-state index is 13.2. The predicted octanol–water partition coefficient (Wildman–Crippen LogP) is 6.85. The molecule has 1 aromatic carbocycles. The Morgan fingerprint density at radius 1 is 1.24 bits per heavy atom. The minimum atomic E-state index is -0.671. The highest BCUT2D eigenvalue weighted by Crippen LogP contribution is 2.39. The van der Waals surface area contributed by atoms with E-state index in [1.807, 2.05) is 32.9 Å². The van der Waals surface area contributed by atoms with Crippen LogP contribution in [0.4, 0.5) is 5.69 Å². The lowest BCUT2D eigenvalue weighted by atomic mass is 9.81. The van der Waals surface area contributed by atoms with Crippen LogP contribution in [-0.2, 0) is 4.74 Å². The maximum Gasteiger partial charge on any atom is 0.359 e. The summed E-state index contributed by atoms with van der Waals surface area (Å²) in [4.78, 5) is 30.3. The molecule has 1 aliphatic carbocycles. The molecule has 2 heterocycles. The molecule has 1 aliphatic rings. The van der Waals surface area contributed by atoms with Gasteiger partial charge in [0, 0.05) is 17.0 Å². The number of hydrogen-bond acceptors (Lipinski definition) is 6. The number of aromatic nitrogens is 1. The number of anilines is 1. The lowest BCUT2D eigenvalue weighted by molar-refractivity contribution is 0.00640. The van der Waals surface area contributed by atoms with Crippen LogP contribution in [0.5, 0.6) is 0 Å². The van der Waals surface area contributed by atoms with Crippen molar-refractivity contribution in [1.82, 2.24) is 4.98 Å². The summed E-state index contributed by atoms with van der Waals surface area (Å²) in [7, 11) is 0. The van der Waals surface area contributed by atoms with Crippen molar-refractivity contribution in [3.8, 4) is 0 Å². The third-order valence-corrected chi connectivity index (χ3v) is 6.41. The minimum absolute atomic E-state index is 0.0166. The van der Waals surface area contributed by atoms with Gasteiger partial charge in [-0.15, -0.1) is 0 Å². The molecule has 1 saturated carbocycles. The molecule has 2 aromatic heterocycles. The van der Waals surface area contributed by atoms with E-state index < -0.39 is 11.6 Å². The van der Waals surface area contributed by atoms with Crippen molar-refractivity contribution < 1.29 is 13.9 Å². The Hall–Kier alpha value is -2.86. The number of carbonyl (C=O) groups excluding carboxylic acids is 1. The van der Waals surface area contributed by atoms with Gasteiger partial charge < -0.3 is 14.5 Å². The van der Waals surface area contributed by atoms with Gasteiger partial charge in [-0.05, 0) is 78.1 Å². The number of fused-ring (bicyclic) bond motifs is 1. The number of esters is 1. The maximum absolute atomic E-state index is 13.2. The number of nitrogens with zero attached hydrogens (tertiary/aromatic N) is 1. The number of halogens is 1. The fourth-order valence-electron chi connectivity index (χ4n) is 4.31. The second-order valence-corrected chi connectivity index (χ2v) is 10.6. The molecule has 6 nitrogen and oxygen atoms in total. The first-order valence-electron chi connectivity index (χ1n) is 11.7. The molecule has 0 spiro atoms. The van der Waals surface area contributed by atoms with Crippen LogP contribution in [0.15, 0.2) is 33.5 Å². The molecule has 0 amide bonds. The van der Waals surface area contributed by atoms with Crippen molar-refractivity contribution in [2.24, 2.45) is 0 Å². The molecule has 34 heavy (non-hydrogen) atoms. The largest absolute Gasteiger partial charge is 0.460 e. The minimum Gasteiger partial charge on any atom is -0.460 e. The van der Waals surface area contributed by atoms with Crippen molar-refractivity contribution in [3.63, 3.8) is 0 Å². The first-order chi connectivity index (χ1) is 15.9. The van der Waals surface area contributed by atoms with Crippen LogP contribution in [0.2, 0.25) is 5.15 Å². The van der Waals surface area contributed by atoms with E-state index in [1.165, 1.54) is 0 Å². The number of aryl methyl sites for hydroxylation is 1. The Morgan fingerprint density at radius 2 is 1.94 bits per heavy atom. The number of benzene rings is 1. The van der Waals surface area contributed by atoms with Gasteiger partial charge in [0.15, 0.2) is 11.1 Å². The van der Waals surface area contributed by atoms with Gasteiger partial charge >= 0.3 is 5.97 Å². The molecular weight excluding hydrogens is 452 g/mol. The number of carbonyl (C=O) groups is 1. The Labute approximate surface area is 204 Å². The lowest BCUT2D eigenvalue weighted by Crippen LogP contribution is -2.25. The van der Waals surface area contributed by atoms with Crippen molar-refractivity contribution in [3.05, 3.63) is 67.8 Å². The van der Waals surface area contributed by atoms with Gasteiger partial charge in [-0.1, -0.05) is 24.1 Å². The summed E-state index contributed by atoms with van der Waals surface area (Å²) in [6.07, 6.45) is 3.24. The molecule has 4 rings (SSSR count). The van der Waals surface area contributed by atoms with Crippen LogP contribution in [0.25, 0.3) is 11.0 Å². The van der Waals surface area contributed by atoms with Gasteiger partial charge in [-0.25, -0.2) is 9.78 Å². The van der Waals surface area contributed by atoms with Crippen LogP contribution in [0.1, 0.15) is 91.9 Å². The standard InChI is InChI=1S/C27H31ClN2O4/c1-14-12-18(25-19(13-14)23(31)15(2)24(33-25)17-8-7-9-17)16(3)29-20-10-11-21(28)30-22(20)26(32)34-27(4,5)6/h10-13,16-17,29H,7-9H2,1-6H3/t16-/m1/s1. The zero-order valence-corrected chi connectivity index (χ0v) is 21.3. The summed E-state index contributed by atoms with van der Waals surface area (Å²) in [6, 6.07) is 6.94. The first-order valence-corrected chi connectivity index (χ1v) is 12.1. The number of hydrogen-bond donors (Lipinski definition) is 1. The monoisotopic (exact) mass is 482 g/mol. The molecule has 1 N–H and O–H groups in total. The van der Waals surface area contributed by atoms with Gasteiger partial charge in [0.05, 0.1) is 17.1 Å². The predicted molar refractivity (Wildman–Crippen MR) is 135 cm³/mol. The molecule has 1 fully saturated rings. The molecule has 7 heteroatoms. The van der Waals surface area contributed by atoms with E-state index in [-0.39, 0.29) is 22.3 Å². The number of ether oxygens (including phenoxy) is 1. The molecule has 3 aromatic rings. The van der Waals surface area contributed by atoms with Crippen molar-refractivity contribution in [2.45, 2.75) is 78.4 Å². The zero-order chi connectivity index (χ0) is 24.8. The second-order valence-electron chi connectivity index (χ2n) is 10.2. The van der Waals surface area contributed by atoms with Crippen LogP contribution in [0, 0.1) is 13.8 Å². The number of rotatable bonds is 5. The van der Waals surface area contributed by atoms with E-state index in [9.17, 15) is 9.59 Å². The van der Waals surface area contributed by atoms with Crippen LogP contribution >= 0.6 is 11.6 Å². The Balaban J connectivity index is 1.77. The molecule has 0 saturated heterocycles. The molecule has 0 radical (unpaired) electrons. The fourth-order valence-corrected chi connectivity index (χ4v) is 4.46. The summed E-state index contributed by atoms with van der Waals surface area (Å²) >= 11 is 6.09. The Bertz CT molecular complexity index is 1320. The summed E-state index contributed by atoms with van der Waals surface area (Å²) in [5.74, 6) is 0.533. The smallest absolute Gasteiger partial charge is 0.359 e. The third-order valence-electron chi connectivity index (χ3n) is 6.20. The van der Waals surface area contributed by atoms with Crippen molar-refractivity contribution in [2.75, 3.05) is 5.32 Å². The van der Waals surface area contributed by atoms with E-state index in [2.05, 4.69) is 10.3 Å². The number of pyridine rings is 1. The average molecular weight is 483 g/mol. The highest BCUT2D eigenvalue weighted by atomic mass is 35.5. The quantitative estimate of drug-likeness (QED) is 0.316. The van der Waals surface area contributed by atoms with E-state index in [1.54, 1.807) is 32.9 Å². The van der Waals surface area contributed by atoms with Gasteiger partial charge in [-0.3, -0.25) is 4.79 Å². The summed E-state index contributed by atoms with van der Waals surface area (Å²) in [5, 5.41) is 4.14. The van der Waals surface area contributed by atoms with Crippen molar-refractivity contribution in [1.29, 1.82) is 0 Å². The van der Waals surface area contributed by atoms with E-state index >= 15 is 0 Å². The van der Waals surface area contributed by atoms with Gasteiger partial charge in [-0.2, -0.15) is 0 Å². The average Bonchev–Trinajstić information content (AvgIpc) is 2.70. The normalized spacial score (nSPS) is 15.1. The number of nitrogens with one attached hydrogen (secondary N) is 1. The summed E-state index contributed by atoms with van der Waals surface area (Å²) < 4.78 is 11.9. The topological polar surface area (TPSA) is 81.4 Å². The fraction of sp³-hybridized carbons (Fsp3) is 0.444. The molecule has 0 unspecified atom stereocenters. The molecule has 0 aliphatic heterocycles. The van der Waals surface area contributed by atoms with Crippen LogP contribution < -0.4 is 10.7 Å². The molecule has 1 atom stereocenters. The SMILES string of the molecule is Cc1cc([C@@H](C)Nc2ccc(Cl)nc2C(=O)OC(C)(C)C)c2oc(C3CCC3)c(C)c(=O)c2c1. The molecule has 180 valence electrons. The molecule has 0 bridgehead atoms. The van der Waals surface area contributed by atoms with Crippen LogP contribution in [-0.4, -0.2) is 16.6 Å². The lowest BCUT2D eigenvalue weighted by Gasteiger charge is -2.26.